The fourth-order valence-corrected chi connectivity index (χ4v) is 5.74. The van der Waals surface area contributed by atoms with Gasteiger partial charge in [-0.15, -0.1) is 0 Å². The molecule has 0 aliphatic carbocycles. The number of carbonyl (C=O) groups excluding carboxylic acids is 1. The molecule has 1 aliphatic heterocycles. The zero-order valence-corrected chi connectivity index (χ0v) is 23.7. The van der Waals surface area contributed by atoms with E-state index in [0.29, 0.717) is 0 Å². The van der Waals surface area contributed by atoms with Crippen LogP contribution in [0.5, 0.6) is 5.75 Å². The molecule has 1 saturated heterocycles. The maximum Gasteiger partial charge on any atom is 0.459 e. The summed E-state index contributed by atoms with van der Waals surface area (Å²) in [5.41, 5.74) is 2.15. The molecule has 13 nitrogen and oxygen atoms in total. The number of nitrogens with one attached hydrogen (secondary N) is 1. The second-order valence-electron chi connectivity index (χ2n) is 10.1. The second kappa shape index (κ2) is 11.5. The Bertz CT molecular complexity index is 1530. The van der Waals surface area contributed by atoms with Gasteiger partial charge in [0.15, 0.2) is 6.23 Å². The number of fused-ring (bicyclic) bond motifs is 1. The average Bonchev–Trinajstić information content (AvgIpc) is 3.07. The van der Waals surface area contributed by atoms with Gasteiger partial charge in [0.1, 0.15) is 35.9 Å². The normalized spacial score (nSPS) is 26.5. The van der Waals surface area contributed by atoms with Crippen molar-refractivity contribution in [1.82, 2.24) is 14.6 Å². The summed E-state index contributed by atoms with van der Waals surface area (Å²) < 4.78 is 52.2. The van der Waals surface area contributed by atoms with Crippen molar-refractivity contribution in [1.29, 1.82) is 0 Å². The highest BCUT2D eigenvalue weighted by Gasteiger charge is 2.64. The van der Waals surface area contributed by atoms with E-state index in [4.69, 9.17) is 24.3 Å². The predicted octanol–water partition coefficient (Wildman–Crippen LogP) is 2.42. The van der Waals surface area contributed by atoms with Crippen LogP contribution in [0.4, 0.5) is 10.2 Å². The van der Waals surface area contributed by atoms with Gasteiger partial charge in [-0.2, -0.15) is 10.1 Å². The first-order valence-corrected chi connectivity index (χ1v) is 14.2. The number of esters is 1. The number of aliphatic hydroxyl groups is 2. The summed E-state index contributed by atoms with van der Waals surface area (Å²) >= 11 is 0. The van der Waals surface area contributed by atoms with E-state index < -0.39 is 61.9 Å². The van der Waals surface area contributed by atoms with Gasteiger partial charge in [0, 0.05) is 6.20 Å². The van der Waals surface area contributed by atoms with E-state index in [-0.39, 0.29) is 11.6 Å². The Kier molecular flexibility index (Phi) is 8.55. The number of hydrogen-bond acceptors (Lipinski definition) is 11. The molecular weight excluding hydrogens is 562 g/mol. The zero-order chi connectivity index (χ0) is 30.2. The number of nitrogens with two attached hydrogens (primary N) is 1. The number of benzene rings is 2. The van der Waals surface area contributed by atoms with Crippen LogP contribution in [-0.2, 0) is 23.4 Å². The molecular formula is C26H32FN4O9P. The second-order valence-corrected chi connectivity index (χ2v) is 11.8. The van der Waals surface area contributed by atoms with Gasteiger partial charge in [-0.3, -0.25) is 13.9 Å². The van der Waals surface area contributed by atoms with Gasteiger partial charge >= 0.3 is 19.4 Å². The van der Waals surface area contributed by atoms with Crippen LogP contribution in [0, 0.1) is 0 Å². The number of aliphatic hydroxyl groups excluding tert-OH is 1. The summed E-state index contributed by atoms with van der Waals surface area (Å²) in [7, 11) is -4.60. The van der Waals surface area contributed by atoms with Crippen LogP contribution < -0.4 is 21.0 Å². The summed E-state index contributed by atoms with van der Waals surface area (Å²) in [4.78, 5) is 28.3. The number of carbonyl (C=O) groups is 1. The lowest BCUT2D eigenvalue weighted by Gasteiger charge is -2.29. The quantitative estimate of drug-likeness (QED) is 0.199. The van der Waals surface area contributed by atoms with Gasteiger partial charge in [-0.25, -0.2) is 13.8 Å². The molecule has 0 bridgehead atoms. The first-order valence-electron chi connectivity index (χ1n) is 12.7. The SMILES string of the molecule is CC(C)OC(=O)[C@H](C)NP(=O)(OC[C@@]1(F)O[C@@H](n2ccc(N)nc2=O)[C@](C)(O)[C@@H]1O)Oc1ccc2ccccc2c1. The van der Waals surface area contributed by atoms with Crippen LogP contribution in [0.2, 0.25) is 0 Å². The van der Waals surface area contributed by atoms with Crippen LogP contribution >= 0.6 is 7.75 Å². The largest absolute Gasteiger partial charge is 0.462 e. The van der Waals surface area contributed by atoms with Crippen LogP contribution in [0.1, 0.15) is 33.9 Å². The Morgan fingerprint density at radius 1 is 1.24 bits per heavy atom. The lowest BCUT2D eigenvalue weighted by atomic mass is 9.95. The molecule has 3 aromatic rings. The monoisotopic (exact) mass is 594 g/mol. The molecule has 6 atom stereocenters. The molecule has 1 unspecified atom stereocenters. The third-order valence-corrected chi connectivity index (χ3v) is 7.93. The summed E-state index contributed by atoms with van der Waals surface area (Å²) in [6, 6.07) is 12.0. The van der Waals surface area contributed by atoms with Crippen LogP contribution in [-0.4, -0.2) is 62.0 Å². The number of rotatable bonds is 10. The van der Waals surface area contributed by atoms with Crippen LogP contribution in [0.3, 0.4) is 0 Å². The minimum absolute atomic E-state index is 0.0640. The molecule has 1 fully saturated rings. The highest BCUT2D eigenvalue weighted by Crippen LogP contribution is 2.50. The maximum absolute atomic E-state index is 16.1. The summed E-state index contributed by atoms with van der Waals surface area (Å²) in [6.45, 7) is 4.39. The Hall–Kier alpha value is -3.39. The van der Waals surface area contributed by atoms with Gasteiger partial charge in [-0.05, 0) is 56.7 Å². The number of ether oxygens (including phenoxy) is 2. The predicted molar refractivity (Wildman–Crippen MR) is 145 cm³/mol. The van der Waals surface area contributed by atoms with Crippen molar-refractivity contribution in [3.63, 3.8) is 0 Å². The number of alkyl halides is 1. The molecule has 41 heavy (non-hydrogen) atoms. The molecule has 0 amide bonds. The van der Waals surface area contributed by atoms with E-state index in [2.05, 4.69) is 10.1 Å². The van der Waals surface area contributed by atoms with E-state index in [0.717, 1.165) is 28.5 Å². The lowest BCUT2D eigenvalue weighted by molar-refractivity contribution is -0.204. The molecule has 1 aliphatic rings. The number of hydrogen-bond donors (Lipinski definition) is 4. The van der Waals surface area contributed by atoms with Gasteiger partial charge < -0.3 is 29.9 Å². The zero-order valence-electron chi connectivity index (χ0n) is 22.8. The fourth-order valence-electron chi connectivity index (χ4n) is 4.25. The molecule has 0 saturated carbocycles. The van der Waals surface area contributed by atoms with E-state index in [1.54, 1.807) is 38.1 Å². The van der Waals surface area contributed by atoms with E-state index in [1.165, 1.54) is 19.1 Å². The number of nitrogens with zero attached hydrogens (tertiary/aromatic N) is 2. The molecule has 0 radical (unpaired) electrons. The van der Waals surface area contributed by atoms with Crippen molar-refractivity contribution in [2.75, 3.05) is 12.3 Å². The van der Waals surface area contributed by atoms with Gasteiger partial charge in [0.25, 0.3) is 5.85 Å². The first kappa shape index (κ1) is 30.6. The summed E-state index contributed by atoms with van der Waals surface area (Å²) in [5, 5.41) is 25.6. The van der Waals surface area contributed by atoms with Crippen LogP contribution in [0.25, 0.3) is 10.8 Å². The smallest absolute Gasteiger partial charge is 0.459 e. The third kappa shape index (κ3) is 6.58. The molecule has 2 heterocycles. The molecule has 2 aromatic carbocycles. The molecule has 4 rings (SSSR count). The van der Waals surface area contributed by atoms with Crippen molar-refractivity contribution in [2.45, 2.75) is 63.6 Å². The third-order valence-electron chi connectivity index (χ3n) is 6.31. The van der Waals surface area contributed by atoms with E-state index in [9.17, 15) is 24.4 Å². The van der Waals surface area contributed by atoms with Crippen molar-refractivity contribution >= 4 is 30.3 Å². The minimum atomic E-state index is -4.60. The van der Waals surface area contributed by atoms with Gasteiger partial charge in [0.05, 0.1) is 6.10 Å². The van der Waals surface area contributed by atoms with Crippen molar-refractivity contribution < 1.29 is 42.5 Å². The maximum atomic E-state index is 16.1. The molecule has 15 heteroatoms. The van der Waals surface area contributed by atoms with Gasteiger partial charge in [-0.1, -0.05) is 30.3 Å². The molecule has 0 spiro atoms. The summed E-state index contributed by atoms with van der Waals surface area (Å²) in [5.74, 6) is -4.03. The molecule has 5 N–H and O–H groups in total. The van der Waals surface area contributed by atoms with E-state index in [1.807, 2.05) is 12.1 Å². The highest BCUT2D eigenvalue weighted by molar-refractivity contribution is 7.52. The number of aromatic nitrogens is 2. The lowest BCUT2D eigenvalue weighted by Crippen LogP contribution is -2.50. The summed E-state index contributed by atoms with van der Waals surface area (Å²) in [6.07, 6.45) is -3.42. The topological polar surface area (TPSA) is 184 Å². The Balaban J connectivity index is 1.61. The number of nitrogen functional groups attached to an aromatic ring is 1. The molecule has 222 valence electrons. The Morgan fingerprint density at radius 3 is 2.59 bits per heavy atom. The van der Waals surface area contributed by atoms with E-state index >= 15 is 4.39 Å². The Morgan fingerprint density at radius 2 is 1.93 bits per heavy atom. The van der Waals surface area contributed by atoms with Crippen molar-refractivity contribution in [3.05, 3.63) is 65.2 Å². The number of halogens is 1. The van der Waals surface area contributed by atoms with Crippen LogP contribution in [0.15, 0.2) is 59.5 Å². The molecule has 1 aromatic heterocycles. The standard InChI is InChI=1S/C26H32FN4O9P/c1-15(2)38-21(32)16(3)30-41(36,40-19-10-9-17-7-5-6-8-18(17)13-19)37-14-26(27)22(33)25(4,35)23(39-26)31-12-11-20(28)29-24(31)34/h5-13,15-16,22-23,33,35H,14H2,1-4H3,(H,30,36)(H2,28,29,34)/t16-,22-,23+,25+,26+,41?/m0/s1. The average molecular weight is 595 g/mol. The van der Waals surface area contributed by atoms with Gasteiger partial charge in [0.2, 0.25) is 0 Å². The van der Waals surface area contributed by atoms with Crippen molar-refractivity contribution in [2.24, 2.45) is 0 Å². The minimum Gasteiger partial charge on any atom is -0.462 e. The Labute approximate surface area is 234 Å². The van der Waals surface area contributed by atoms with Crippen molar-refractivity contribution in [3.8, 4) is 5.75 Å². The fraction of sp³-hybridized carbons (Fsp3) is 0.423. The first-order chi connectivity index (χ1) is 19.1. The number of anilines is 1. The highest BCUT2D eigenvalue weighted by atomic mass is 31.2.